The van der Waals surface area contributed by atoms with Crippen LogP contribution in [0.5, 0.6) is 5.75 Å². The van der Waals surface area contributed by atoms with Crippen molar-refractivity contribution in [3.63, 3.8) is 0 Å². The molecular formula is C25H34FN3O5S. The van der Waals surface area contributed by atoms with Gasteiger partial charge in [-0.15, -0.1) is 0 Å². The smallest absolute Gasteiger partial charge is 0.244 e. The molecule has 0 spiro atoms. The van der Waals surface area contributed by atoms with Crippen molar-refractivity contribution >= 4 is 27.5 Å². The van der Waals surface area contributed by atoms with E-state index >= 15 is 0 Å². The molecule has 1 atom stereocenters. The van der Waals surface area contributed by atoms with Crippen molar-refractivity contribution in [1.29, 1.82) is 0 Å². The van der Waals surface area contributed by atoms with E-state index < -0.39 is 34.3 Å². The van der Waals surface area contributed by atoms with Crippen molar-refractivity contribution in [2.45, 2.75) is 39.8 Å². The maximum Gasteiger partial charge on any atom is 0.244 e. The predicted octanol–water partition coefficient (Wildman–Crippen LogP) is 3.18. The van der Waals surface area contributed by atoms with Gasteiger partial charge >= 0.3 is 0 Å². The lowest BCUT2D eigenvalue weighted by atomic mass is 10.1. The van der Waals surface area contributed by atoms with E-state index in [9.17, 15) is 22.4 Å². The van der Waals surface area contributed by atoms with Crippen LogP contribution in [0.3, 0.4) is 0 Å². The summed E-state index contributed by atoms with van der Waals surface area (Å²) in [4.78, 5) is 28.0. The lowest BCUT2D eigenvalue weighted by Crippen LogP contribution is -2.52. The van der Waals surface area contributed by atoms with Crippen LogP contribution in [-0.4, -0.2) is 57.6 Å². The van der Waals surface area contributed by atoms with Crippen LogP contribution in [0.1, 0.15) is 32.8 Å². The Morgan fingerprint density at radius 2 is 1.77 bits per heavy atom. The molecule has 0 bridgehead atoms. The van der Waals surface area contributed by atoms with E-state index in [1.165, 1.54) is 24.1 Å². The first-order valence-corrected chi connectivity index (χ1v) is 13.2. The topological polar surface area (TPSA) is 96.0 Å². The van der Waals surface area contributed by atoms with Gasteiger partial charge in [-0.05, 0) is 54.3 Å². The SMILES string of the molecule is CCC(C(=O)NCC(C)C)N(Cc1cccc(OC)c1)C(=O)CN(c1ccc(F)cc1)S(C)(=O)=O. The summed E-state index contributed by atoms with van der Waals surface area (Å²) in [6, 6.07) is 11.1. The summed E-state index contributed by atoms with van der Waals surface area (Å²) in [5.41, 5.74) is 0.876. The van der Waals surface area contributed by atoms with Crippen LogP contribution in [0.15, 0.2) is 48.5 Å². The second kappa shape index (κ2) is 12.5. The molecule has 2 rings (SSSR count). The molecule has 0 aliphatic heterocycles. The highest BCUT2D eigenvalue weighted by atomic mass is 32.2. The number of amides is 2. The van der Waals surface area contributed by atoms with Gasteiger partial charge in [-0.3, -0.25) is 13.9 Å². The van der Waals surface area contributed by atoms with Crippen LogP contribution in [0.25, 0.3) is 0 Å². The van der Waals surface area contributed by atoms with Crippen LogP contribution in [0, 0.1) is 11.7 Å². The van der Waals surface area contributed by atoms with Gasteiger partial charge in [0.25, 0.3) is 0 Å². The number of nitrogens with one attached hydrogen (secondary N) is 1. The molecule has 0 aliphatic rings. The van der Waals surface area contributed by atoms with Gasteiger partial charge in [0.1, 0.15) is 24.2 Å². The highest BCUT2D eigenvalue weighted by Crippen LogP contribution is 2.21. The summed E-state index contributed by atoms with van der Waals surface area (Å²) >= 11 is 0. The van der Waals surface area contributed by atoms with Gasteiger partial charge < -0.3 is 15.0 Å². The monoisotopic (exact) mass is 507 g/mol. The Hall–Kier alpha value is -3.14. The number of carbonyl (C=O) groups excluding carboxylic acids is 2. The number of nitrogens with zero attached hydrogens (tertiary/aromatic N) is 2. The normalized spacial score (nSPS) is 12.2. The van der Waals surface area contributed by atoms with E-state index in [-0.39, 0.29) is 24.1 Å². The molecule has 1 unspecified atom stereocenters. The number of hydrogen-bond donors (Lipinski definition) is 1. The quantitative estimate of drug-likeness (QED) is 0.476. The third kappa shape index (κ3) is 8.24. The number of ether oxygens (including phenoxy) is 1. The Labute approximate surface area is 207 Å². The second-order valence-electron chi connectivity index (χ2n) is 8.68. The highest BCUT2D eigenvalue weighted by Gasteiger charge is 2.31. The lowest BCUT2D eigenvalue weighted by Gasteiger charge is -2.33. The summed E-state index contributed by atoms with van der Waals surface area (Å²) < 4.78 is 44.7. The van der Waals surface area contributed by atoms with Gasteiger partial charge in [0, 0.05) is 13.1 Å². The summed E-state index contributed by atoms with van der Waals surface area (Å²) in [5.74, 6) is -0.588. The van der Waals surface area contributed by atoms with Crippen LogP contribution in [0.2, 0.25) is 0 Å². The first kappa shape index (κ1) is 28.1. The molecule has 35 heavy (non-hydrogen) atoms. The lowest BCUT2D eigenvalue weighted by molar-refractivity contribution is -0.140. The molecular weight excluding hydrogens is 473 g/mol. The molecule has 0 radical (unpaired) electrons. The fraction of sp³-hybridized carbons (Fsp3) is 0.440. The Morgan fingerprint density at radius 3 is 2.31 bits per heavy atom. The van der Waals surface area contributed by atoms with Gasteiger partial charge in [-0.1, -0.05) is 32.9 Å². The van der Waals surface area contributed by atoms with E-state index in [4.69, 9.17) is 4.74 Å². The maximum atomic E-state index is 13.6. The fourth-order valence-corrected chi connectivity index (χ4v) is 4.38. The number of anilines is 1. The van der Waals surface area contributed by atoms with Crippen molar-refractivity contribution in [3.05, 3.63) is 59.9 Å². The minimum Gasteiger partial charge on any atom is -0.497 e. The number of rotatable bonds is 12. The van der Waals surface area contributed by atoms with Gasteiger partial charge in [0.2, 0.25) is 21.8 Å². The summed E-state index contributed by atoms with van der Waals surface area (Å²) in [5, 5.41) is 2.87. The van der Waals surface area contributed by atoms with Crippen LogP contribution >= 0.6 is 0 Å². The molecule has 0 aromatic heterocycles. The summed E-state index contributed by atoms with van der Waals surface area (Å²) in [6.45, 7) is 5.70. The van der Waals surface area contributed by atoms with Crippen molar-refractivity contribution in [2.24, 2.45) is 5.92 Å². The Bertz CT molecular complexity index is 1110. The van der Waals surface area contributed by atoms with Crippen molar-refractivity contribution in [1.82, 2.24) is 10.2 Å². The molecule has 1 N–H and O–H groups in total. The van der Waals surface area contributed by atoms with Crippen molar-refractivity contribution < 1.29 is 27.1 Å². The molecule has 8 nitrogen and oxygen atoms in total. The van der Waals surface area contributed by atoms with E-state index in [1.807, 2.05) is 13.8 Å². The van der Waals surface area contributed by atoms with Gasteiger partial charge in [-0.2, -0.15) is 0 Å². The van der Waals surface area contributed by atoms with E-state index in [0.717, 1.165) is 28.3 Å². The zero-order valence-electron chi connectivity index (χ0n) is 20.8. The molecule has 0 saturated heterocycles. The molecule has 0 saturated carbocycles. The van der Waals surface area contributed by atoms with Crippen LogP contribution in [0.4, 0.5) is 10.1 Å². The van der Waals surface area contributed by atoms with Gasteiger partial charge in [0.15, 0.2) is 0 Å². The first-order chi connectivity index (χ1) is 16.5. The molecule has 0 aliphatic carbocycles. The van der Waals surface area contributed by atoms with Crippen LogP contribution in [-0.2, 0) is 26.2 Å². The Morgan fingerprint density at radius 1 is 1.11 bits per heavy atom. The standard InChI is InChI=1S/C25H34FN3O5S/c1-6-23(25(31)27-15-18(2)3)28(16-19-8-7-9-22(14-19)34-4)24(30)17-29(35(5,32)33)21-12-10-20(26)11-13-21/h7-14,18,23H,6,15-17H2,1-5H3,(H,27,31). The maximum absolute atomic E-state index is 13.6. The minimum absolute atomic E-state index is 0.0741. The number of hydrogen-bond acceptors (Lipinski definition) is 5. The van der Waals surface area contributed by atoms with Crippen molar-refractivity contribution in [2.75, 3.05) is 30.8 Å². The largest absolute Gasteiger partial charge is 0.497 e. The Kier molecular flexibility index (Phi) is 10.1. The zero-order chi connectivity index (χ0) is 26.2. The number of methoxy groups -OCH3 is 1. The fourth-order valence-electron chi connectivity index (χ4n) is 3.53. The van der Waals surface area contributed by atoms with Crippen LogP contribution < -0.4 is 14.4 Å². The third-order valence-electron chi connectivity index (χ3n) is 5.35. The minimum atomic E-state index is -3.87. The molecule has 0 heterocycles. The summed E-state index contributed by atoms with van der Waals surface area (Å²) in [7, 11) is -2.34. The highest BCUT2D eigenvalue weighted by molar-refractivity contribution is 7.92. The van der Waals surface area contributed by atoms with E-state index in [0.29, 0.717) is 18.7 Å². The average Bonchev–Trinajstić information content (AvgIpc) is 2.81. The number of sulfonamides is 1. The molecule has 2 aromatic rings. The van der Waals surface area contributed by atoms with Gasteiger partial charge in [-0.25, -0.2) is 12.8 Å². The third-order valence-corrected chi connectivity index (χ3v) is 6.49. The number of halogens is 1. The second-order valence-corrected chi connectivity index (χ2v) is 10.6. The molecule has 192 valence electrons. The number of carbonyl (C=O) groups is 2. The first-order valence-electron chi connectivity index (χ1n) is 11.4. The molecule has 2 amide bonds. The van der Waals surface area contributed by atoms with E-state index in [1.54, 1.807) is 31.2 Å². The average molecular weight is 508 g/mol. The molecule has 10 heteroatoms. The predicted molar refractivity (Wildman–Crippen MR) is 134 cm³/mol. The molecule has 0 fully saturated rings. The van der Waals surface area contributed by atoms with Crippen molar-refractivity contribution in [3.8, 4) is 5.75 Å². The summed E-state index contributed by atoms with van der Waals surface area (Å²) in [6.07, 6.45) is 1.30. The number of benzene rings is 2. The van der Waals surface area contributed by atoms with E-state index in [2.05, 4.69) is 5.32 Å². The zero-order valence-corrected chi connectivity index (χ0v) is 21.6. The Balaban J connectivity index is 2.42. The van der Waals surface area contributed by atoms with Gasteiger partial charge in [0.05, 0.1) is 19.1 Å². The molecule has 2 aromatic carbocycles.